The quantitative estimate of drug-likeness (QED) is 0.708. The van der Waals surface area contributed by atoms with E-state index in [0.717, 1.165) is 0 Å². The number of hydrogen-bond acceptors (Lipinski definition) is 2. The Morgan fingerprint density at radius 1 is 1.00 bits per heavy atom. The third-order valence-corrected chi connectivity index (χ3v) is 2.26. The first-order valence-electron chi connectivity index (χ1n) is 4.08. The zero-order chi connectivity index (χ0) is 11.9. The zero-order valence-electron chi connectivity index (χ0n) is 7.32. The summed E-state index contributed by atoms with van der Waals surface area (Å²) in [5.41, 5.74) is -4.77. The van der Waals surface area contributed by atoms with Crippen LogP contribution in [0.2, 0.25) is 0 Å². The number of ether oxygens (including phenoxy) is 1. The van der Waals surface area contributed by atoms with Gasteiger partial charge in [-0.2, -0.15) is 26.3 Å². The lowest BCUT2D eigenvalue weighted by atomic mass is 9.93. The van der Waals surface area contributed by atoms with Crippen LogP contribution in [0, 0.1) is 0 Å². The number of halogens is 6. The van der Waals surface area contributed by atoms with Gasteiger partial charge in [0.25, 0.3) is 5.60 Å². The highest BCUT2D eigenvalue weighted by Crippen LogP contribution is 2.48. The van der Waals surface area contributed by atoms with Crippen molar-refractivity contribution >= 4 is 0 Å². The summed E-state index contributed by atoms with van der Waals surface area (Å²) in [6, 6.07) is 0. The van der Waals surface area contributed by atoms with Gasteiger partial charge in [-0.25, -0.2) is 0 Å². The molecule has 1 unspecified atom stereocenters. The Hall–Kier alpha value is -0.500. The second-order valence-corrected chi connectivity index (χ2v) is 3.26. The molecule has 1 N–H and O–H groups in total. The van der Waals surface area contributed by atoms with Crippen molar-refractivity contribution in [3.63, 3.8) is 0 Å². The second kappa shape index (κ2) is 3.51. The van der Waals surface area contributed by atoms with E-state index in [0.29, 0.717) is 0 Å². The molecule has 1 aliphatic heterocycles. The highest BCUT2D eigenvalue weighted by Gasteiger charge is 2.74. The lowest BCUT2D eigenvalue weighted by Crippen LogP contribution is -2.64. The molecule has 90 valence electrons. The molecule has 0 aliphatic carbocycles. The SMILES string of the molecule is OC(C1CCCO1)(C(F)(F)F)C(F)(F)F. The average Bonchev–Trinajstić information content (AvgIpc) is 2.49. The summed E-state index contributed by atoms with van der Waals surface area (Å²) in [4.78, 5) is 0. The van der Waals surface area contributed by atoms with Crippen LogP contribution in [0.15, 0.2) is 0 Å². The Balaban J connectivity index is 3.06. The maximum atomic E-state index is 12.2. The molecule has 0 bridgehead atoms. The Morgan fingerprint density at radius 3 is 1.73 bits per heavy atom. The van der Waals surface area contributed by atoms with E-state index in [9.17, 15) is 26.3 Å². The second-order valence-electron chi connectivity index (χ2n) is 3.26. The third kappa shape index (κ3) is 1.92. The average molecular weight is 238 g/mol. The largest absolute Gasteiger partial charge is 0.428 e. The minimum Gasteiger partial charge on any atom is -0.374 e. The summed E-state index contributed by atoms with van der Waals surface area (Å²) in [5, 5.41) is 8.81. The van der Waals surface area contributed by atoms with Crippen LogP contribution < -0.4 is 0 Å². The van der Waals surface area contributed by atoms with Crippen molar-refractivity contribution in [1.29, 1.82) is 0 Å². The van der Waals surface area contributed by atoms with Gasteiger partial charge < -0.3 is 9.84 Å². The topological polar surface area (TPSA) is 29.5 Å². The smallest absolute Gasteiger partial charge is 0.374 e. The van der Waals surface area contributed by atoms with Crippen molar-refractivity contribution in [2.24, 2.45) is 0 Å². The molecule has 0 amide bonds. The fourth-order valence-corrected chi connectivity index (χ4v) is 1.43. The van der Waals surface area contributed by atoms with Crippen LogP contribution in [0.4, 0.5) is 26.3 Å². The van der Waals surface area contributed by atoms with Gasteiger partial charge in [-0.15, -0.1) is 0 Å². The van der Waals surface area contributed by atoms with Crippen molar-refractivity contribution in [1.82, 2.24) is 0 Å². The van der Waals surface area contributed by atoms with Crippen molar-refractivity contribution in [2.45, 2.75) is 36.9 Å². The lowest BCUT2D eigenvalue weighted by Gasteiger charge is -2.36. The number of aliphatic hydroxyl groups is 1. The molecular formula is C7H8F6O2. The third-order valence-electron chi connectivity index (χ3n) is 2.26. The van der Waals surface area contributed by atoms with Gasteiger partial charge in [0.2, 0.25) is 0 Å². The van der Waals surface area contributed by atoms with E-state index in [2.05, 4.69) is 4.74 Å². The minimum absolute atomic E-state index is 0.0686. The summed E-state index contributed by atoms with van der Waals surface area (Å²) in [7, 11) is 0. The standard InChI is InChI=1S/C7H8F6O2/c8-6(9,10)5(14,7(11,12)13)4-2-1-3-15-4/h4,14H,1-3H2. The molecule has 0 radical (unpaired) electrons. The van der Waals surface area contributed by atoms with E-state index in [1.807, 2.05) is 0 Å². The molecule has 8 heteroatoms. The maximum Gasteiger partial charge on any atom is 0.428 e. The highest BCUT2D eigenvalue weighted by atomic mass is 19.4. The number of hydrogen-bond donors (Lipinski definition) is 1. The fraction of sp³-hybridized carbons (Fsp3) is 1.00. The molecule has 1 heterocycles. The molecule has 0 aromatic rings. The molecule has 1 rings (SSSR count). The van der Waals surface area contributed by atoms with Crippen LogP contribution in [-0.4, -0.2) is 35.8 Å². The molecule has 0 spiro atoms. The Bertz CT molecular complexity index is 213. The van der Waals surface area contributed by atoms with E-state index in [4.69, 9.17) is 5.11 Å². The van der Waals surface area contributed by atoms with Gasteiger partial charge in [-0.05, 0) is 12.8 Å². The van der Waals surface area contributed by atoms with E-state index >= 15 is 0 Å². The van der Waals surface area contributed by atoms with Crippen LogP contribution >= 0.6 is 0 Å². The van der Waals surface area contributed by atoms with Crippen LogP contribution in [0.1, 0.15) is 12.8 Å². The monoisotopic (exact) mass is 238 g/mol. The summed E-state index contributed by atoms with van der Waals surface area (Å²) in [5.74, 6) is 0. The lowest BCUT2D eigenvalue weighted by molar-refractivity contribution is -0.391. The molecule has 1 saturated heterocycles. The first-order valence-corrected chi connectivity index (χ1v) is 4.08. The van der Waals surface area contributed by atoms with Crippen molar-refractivity contribution in [3.8, 4) is 0 Å². The van der Waals surface area contributed by atoms with Gasteiger partial charge in [0.05, 0.1) is 0 Å². The molecule has 0 aromatic carbocycles. The van der Waals surface area contributed by atoms with E-state index in [-0.39, 0.29) is 13.0 Å². The first kappa shape index (κ1) is 12.6. The van der Waals surface area contributed by atoms with Gasteiger partial charge in [0.1, 0.15) is 6.10 Å². The summed E-state index contributed by atoms with van der Waals surface area (Å²) >= 11 is 0. The van der Waals surface area contributed by atoms with Crippen LogP contribution in [0.3, 0.4) is 0 Å². The minimum atomic E-state index is -5.79. The summed E-state index contributed by atoms with van der Waals surface area (Å²) < 4.78 is 77.5. The molecular weight excluding hydrogens is 230 g/mol. The number of rotatable bonds is 1. The fourth-order valence-electron chi connectivity index (χ4n) is 1.43. The molecule has 0 aromatic heterocycles. The van der Waals surface area contributed by atoms with Crippen LogP contribution in [0.25, 0.3) is 0 Å². The van der Waals surface area contributed by atoms with Gasteiger partial charge in [0.15, 0.2) is 0 Å². The normalized spacial score (nSPS) is 24.6. The molecule has 15 heavy (non-hydrogen) atoms. The summed E-state index contributed by atoms with van der Waals surface area (Å²) in [6.07, 6.45) is -14.2. The van der Waals surface area contributed by atoms with Gasteiger partial charge in [0, 0.05) is 6.61 Å². The van der Waals surface area contributed by atoms with Crippen molar-refractivity contribution in [3.05, 3.63) is 0 Å². The predicted octanol–water partition coefficient (Wildman–Crippen LogP) is 2.02. The maximum absolute atomic E-state index is 12.2. The Morgan fingerprint density at radius 2 is 1.47 bits per heavy atom. The zero-order valence-corrected chi connectivity index (χ0v) is 7.32. The molecule has 1 fully saturated rings. The van der Waals surface area contributed by atoms with Gasteiger partial charge in [-0.3, -0.25) is 0 Å². The van der Waals surface area contributed by atoms with Crippen LogP contribution in [0.5, 0.6) is 0 Å². The van der Waals surface area contributed by atoms with E-state index in [1.54, 1.807) is 0 Å². The van der Waals surface area contributed by atoms with E-state index in [1.165, 1.54) is 0 Å². The molecule has 1 atom stereocenters. The predicted molar refractivity (Wildman–Crippen MR) is 36.0 cm³/mol. The molecule has 0 saturated carbocycles. The van der Waals surface area contributed by atoms with Gasteiger partial charge in [-0.1, -0.05) is 0 Å². The van der Waals surface area contributed by atoms with E-state index < -0.39 is 30.5 Å². The van der Waals surface area contributed by atoms with Gasteiger partial charge >= 0.3 is 12.4 Å². The summed E-state index contributed by atoms with van der Waals surface area (Å²) in [6.45, 7) is -0.209. The number of alkyl halides is 6. The molecule has 2 nitrogen and oxygen atoms in total. The molecule has 1 aliphatic rings. The first-order chi connectivity index (χ1) is 6.61. The van der Waals surface area contributed by atoms with Crippen molar-refractivity contribution in [2.75, 3.05) is 6.61 Å². The Labute approximate surface area is 80.8 Å². The van der Waals surface area contributed by atoms with Crippen LogP contribution in [-0.2, 0) is 4.74 Å². The highest BCUT2D eigenvalue weighted by molar-refractivity contribution is 5.01. The van der Waals surface area contributed by atoms with Crippen molar-refractivity contribution < 1.29 is 36.2 Å². The Kier molecular flexibility index (Phi) is 2.94.